The summed E-state index contributed by atoms with van der Waals surface area (Å²) in [7, 11) is 1.58. The molecule has 1 fully saturated rings. The molecule has 3 aromatic rings. The van der Waals surface area contributed by atoms with Gasteiger partial charge in [0.2, 0.25) is 0 Å². The number of nitrogens with one attached hydrogen (secondary N) is 1. The van der Waals surface area contributed by atoms with Crippen molar-refractivity contribution in [1.29, 1.82) is 0 Å². The van der Waals surface area contributed by atoms with Gasteiger partial charge in [0.1, 0.15) is 0 Å². The van der Waals surface area contributed by atoms with Crippen LogP contribution in [0.1, 0.15) is 78.7 Å². The van der Waals surface area contributed by atoms with Crippen molar-refractivity contribution in [1.82, 2.24) is 14.7 Å². The van der Waals surface area contributed by atoms with Gasteiger partial charge < -0.3 is 15.3 Å². The Hall–Kier alpha value is -3.82. The molecular weight excluding hydrogens is 521 g/mol. The average Bonchev–Trinajstić information content (AvgIpc) is 3.39. The standard InChI is InChI=1S/C30H35F3N4O3/c1-3-26-25(19-37(35-26)24-15-11-22(12-16-24)30(31,32)33)28(20-7-5-4-6-8-20)34-23-13-9-21(10-14-23)29(40)36(2)18-17-27(38)39/h9-16,19-20,28,34H,3-8,17-18H2,1-2H3,(H,38,39). The molecule has 1 unspecified atom stereocenters. The van der Waals surface area contributed by atoms with Crippen LogP contribution in [0.25, 0.3) is 5.69 Å². The number of carbonyl (C=O) groups excluding carboxylic acids is 1. The molecule has 7 nitrogen and oxygen atoms in total. The fourth-order valence-corrected chi connectivity index (χ4v) is 5.28. The van der Waals surface area contributed by atoms with E-state index >= 15 is 0 Å². The second-order valence-electron chi connectivity index (χ2n) is 10.3. The lowest BCUT2D eigenvalue weighted by Gasteiger charge is -2.32. The molecule has 0 spiro atoms. The van der Waals surface area contributed by atoms with Gasteiger partial charge in [0, 0.05) is 36.6 Å². The maximum absolute atomic E-state index is 13.1. The zero-order valence-electron chi connectivity index (χ0n) is 22.7. The molecule has 1 aliphatic carbocycles. The number of benzene rings is 2. The minimum Gasteiger partial charge on any atom is -0.481 e. The molecule has 0 aliphatic heterocycles. The number of anilines is 1. The molecule has 4 rings (SSSR count). The summed E-state index contributed by atoms with van der Waals surface area (Å²) in [6, 6.07) is 12.1. The first-order valence-corrected chi connectivity index (χ1v) is 13.7. The smallest absolute Gasteiger partial charge is 0.416 e. The van der Waals surface area contributed by atoms with Crippen molar-refractivity contribution in [3.05, 3.63) is 77.1 Å². The molecule has 0 bridgehead atoms. The van der Waals surface area contributed by atoms with Crippen LogP contribution in [0.2, 0.25) is 0 Å². The molecule has 1 atom stereocenters. The number of carboxylic acids is 1. The highest BCUT2D eigenvalue weighted by atomic mass is 19.4. The number of carboxylic acid groups (broad SMARTS) is 1. The number of alkyl halides is 3. The van der Waals surface area contributed by atoms with Crippen molar-refractivity contribution in [3.8, 4) is 5.69 Å². The maximum Gasteiger partial charge on any atom is 0.416 e. The third-order valence-corrected chi connectivity index (χ3v) is 7.54. The summed E-state index contributed by atoms with van der Waals surface area (Å²) in [5.41, 5.74) is 3.07. The normalized spacial score (nSPS) is 15.0. The monoisotopic (exact) mass is 556 g/mol. The van der Waals surface area contributed by atoms with Crippen molar-refractivity contribution in [3.63, 3.8) is 0 Å². The summed E-state index contributed by atoms with van der Waals surface area (Å²) in [6.45, 7) is 2.14. The van der Waals surface area contributed by atoms with Gasteiger partial charge in [-0.05, 0) is 73.7 Å². The third-order valence-electron chi connectivity index (χ3n) is 7.54. The maximum atomic E-state index is 13.1. The van der Waals surface area contributed by atoms with E-state index in [1.165, 1.54) is 23.5 Å². The number of aliphatic carboxylic acids is 1. The van der Waals surface area contributed by atoms with Gasteiger partial charge in [0.15, 0.2) is 0 Å². The second kappa shape index (κ2) is 12.6. The molecule has 0 saturated heterocycles. The first-order chi connectivity index (χ1) is 19.1. The number of nitrogens with zero attached hydrogens (tertiary/aromatic N) is 3. The Morgan fingerprint density at radius 1 is 1.07 bits per heavy atom. The summed E-state index contributed by atoms with van der Waals surface area (Å²) in [5, 5.41) is 17.3. The Balaban J connectivity index is 1.59. The SMILES string of the molecule is CCc1nn(-c2ccc(C(F)(F)F)cc2)cc1C(Nc1ccc(C(=O)N(C)CCC(=O)O)cc1)C1CCCCC1. The van der Waals surface area contributed by atoms with E-state index in [9.17, 15) is 22.8 Å². The summed E-state index contributed by atoms with van der Waals surface area (Å²) < 4.78 is 40.8. The van der Waals surface area contributed by atoms with E-state index in [-0.39, 0.29) is 24.9 Å². The highest BCUT2D eigenvalue weighted by Crippen LogP contribution is 2.38. The molecule has 10 heteroatoms. The minimum absolute atomic E-state index is 0.0572. The van der Waals surface area contributed by atoms with Crippen molar-refractivity contribution in [2.45, 2.75) is 64.1 Å². The molecule has 1 aliphatic rings. The molecule has 40 heavy (non-hydrogen) atoms. The number of aryl methyl sites for hydroxylation is 1. The summed E-state index contributed by atoms with van der Waals surface area (Å²) in [5.74, 6) is -0.850. The molecule has 1 heterocycles. The third kappa shape index (κ3) is 7.03. The van der Waals surface area contributed by atoms with E-state index in [0.29, 0.717) is 23.6 Å². The first-order valence-electron chi connectivity index (χ1n) is 13.7. The number of aromatic nitrogens is 2. The Kier molecular flexibility index (Phi) is 9.17. The van der Waals surface area contributed by atoms with E-state index < -0.39 is 17.7 Å². The van der Waals surface area contributed by atoms with Crippen LogP contribution in [-0.4, -0.2) is 45.3 Å². The van der Waals surface area contributed by atoms with Crippen LogP contribution in [0, 0.1) is 5.92 Å². The lowest BCUT2D eigenvalue weighted by atomic mass is 9.81. The molecule has 0 radical (unpaired) electrons. The Labute approximate surface area is 232 Å². The van der Waals surface area contributed by atoms with Crippen LogP contribution in [0.15, 0.2) is 54.7 Å². The van der Waals surface area contributed by atoms with Crippen LogP contribution in [0.3, 0.4) is 0 Å². The van der Waals surface area contributed by atoms with Gasteiger partial charge in [-0.25, -0.2) is 4.68 Å². The predicted molar refractivity (Wildman–Crippen MR) is 147 cm³/mol. The van der Waals surface area contributed by atoms with E-state index in [4.69, 9.17) is 10.2 Å². The van der Waals surface area contributed by atoms with E-state index in [1.54, 1.807) is 23.9 Å². The summed E-state index contributed by atoms with van der Waals surface area (Å²) >= 11 is 0. The zero-order valence-corrected chi connectivity index (χ0v) is 22.7. The summed E-state index contributed by atoms with van der Waals surface area (Å²) in [4.78, 5) is 24.9. The molecule has 214 valence electrons. The number of carbonyl (C=O) groups is 2. The first kappa shape index (κ1) is 29.2. The lowest BCUT2D eigenvalue weighted by Crippen LogP contribution is -2.29. The van der Waals surface area contributed by atoms with E-state index in [1.807, 2.05) is 25.3 Å². The Morgan fingerprint density at radius 3 is 2.30 bits per heavy atom. The fraction of sp³-hybridized carbons (Fsp3) is 0.433. The zero-order chi connectivity index (χ0) is 28.9. The van der Waals surface area contributed by atoms with Gasteiger partial charge in [-0.15, -0.1) is 0 Å². The Bertz CT molecular complexity index is 1300. The van der Waals surface area contributed by atoms with Crippen molar-refractivity contribution >= 4 is 17.6 Å². The van der Waals surface area contributed by atoms with Gasteiger partial charge in [-0.2, -0.15) is 18.3 Å². The van der Waals surface area contributed by atoms with Crippen LogP contribution in [0.4, 0.5) is 18.9 Å². The molecule has 1 amide bonds. The largest absolute Gasteiger partial charge is 0.481 e. The van der Waals surface area contributed by atoms with Gasteiger partial charge >= 0.3 is 12.1 Å². The molecule has 1 aromatic heterocycles. The molecular formula is C30H35F3N4O3. The highest BCUT2D eigenvalue weighted by Gasteiger charge is 2.31. The molecule has 2 aromatic carbocycles. The van der Waals surface area contributed by atoms with E-state index in [2.05, 4.69) is 5.32 Å². The van der Waals surface area contributed by atoms with Gasteiger partial charge in [-0.3, -0.25) is 9.59 Å². The van der Waals surface area contributed by atoms with Gasteiger partial charge in [0.25, 0.3) is 5.91 Å². The number of hydrogen-bond donors (Lipinski definition) is 2. The summed E-state index contributed by atoms with van der Waals surface area (Å²) in [6.07, 6.45) is 3.64. The van der Waals surface area contributed by atoms with Crippen LogP contribution in [0.5, 0.6) is 0 Å². The average molecular weight is 557 g/mol. The highest BCUT2D eigenvalue weighted by molar-refractivity contribution is 5.94. The van der Waals surface area contributed by atoms with Crippen LogP contribution < -0.4 is 5.32 Å². The van der Waals surface area contributed by atoms with Gasteiger partial charge in [-0.1, -0.05) is 26.2 Å². The number of halogens is 3. The number of amides is 1. The van der Waals surface area contributed by atoms with Crippen molar-refractivity contribution in [2.24, 2.45) is 5.92 Å². The van der Waals surface area contributed by atoms with Crippen LogP contribution >= 0.6 is 0 Å². The predicted octanol–water partition coefficient (Wildman–Crippen LogP) is 6.73. The van der Waals surface area contributed by atoms with Crippen molar-refractivity contribution < 1.29 is 27.9 Å². The van der Waals surface area contributed by atoms with Crippen LogP contribution in [-0.2, 0) is 17.4 Å². The molecule has 1 saturated carbocycles. The van der Waals surface area contributed by atoms with E-state index in [0.717, 1.165) is 54.8 Å². The Morgan fingerprint density at radius 2 is 1.73 bits per heavy atom. The van der Waals surface area contributed by atoms with Gasteiger partial charge in [0.05, 0.1) is 29.4 Å². The topological polar surface area (TPSA) is 87.5 Å². The van der Waals surface area contributed by atoms with Crippen molar-refractivity contribution in [2.75, 3.05) is 18.9 Å². The second-order valence-corrected chi connectivity index (χ2v) is 10.3. The fourth-order valence-electron chi connectivity index (χ4n) is 5.28. The lowest BCUT2D eigenvalue weighted by molar-refractivity contribution is -0.138. The number of hydrogen-bond acceptors (Lipinski definition) is 4. The quantitative estimate of drug-likeness (QED) is 0.289. The minimum atomic E-state index is -4.40. The molecule has 2 N–H and O–H groups in total. The number of rotatable bonds is 10.